The Bertz CT molecular complexity index is 157. The number of hydrogen-bond acceptors (Lipinski definition) is 2. The Kier molecular flexibility index (Phi) is 4.76. The first-order chi connectivity index (χ1) is 5.67. The summed E-state index contributed by atoms with van der Waals surface area (Å²) in [5.41, 5.74) is -2.01. The molecule has 0 aliphatic heterocycles. The third-order valence-corrected chi connectivity index (χ3v) is 2.63. The first-order valence-electron chi connectivity index (χ1n) is 4.19. The standard InChI is InChI=1S/C8H16BrF2NO/c1-6(2)12-5-4-7(3,13)8(9,10)11/h6,12-13H,4-5H2,1-3H3. The highest BCUT2D eigenvalue weighted by molar-refractivity contribution is 9.10. The van der Waals surface area contributed by atoms with E-state index in [2.05, 4.69) is 21.2 Å². The van der Waals surface area contributed by atoms with E-state index in [0.717, 1.165) is 6.92 Å². The van der Waals surface area contributed by atoms with Crippen molar-refractivity contribution in [1.29, 1.82) is 0 Å². The van der Waals surface area contributed by atoms with Crippen LogP contribution in [0.25, 0.3) is 0 Å². The highest BCUT2D eigenvalue weighted by Crippen LogP contribution is 2.36. The van der Waals surface area contributed by atoms with Crippen LogP contribution in [-0.4, -0.2) is 28.1 Å². The monoisotopic (exact) mass is 259 g/mol. The van der Waals surface area contributed by atoms with E-state index >= 15 is 0 Å². The van der Waals surface area contributed by atoms with Gasteiger partial charge in [-0.15, -0.1) is 0 Å². The van der Waals surface area contributed by atoms with Gasteiger partial charge in [0.15, 0.2) is 0 Å². The maximum absolute atomic E-state index is 12.7. The molecule has 0 spiro atoms. The van der Waals surface area contributed by atoms with Gasteiger partial charge in [-0.2, -0.15) is 8.78 Å². The van der Waals surface area contributed by atoms with Crippen molar-refractivity contribution in [2.24, 2.45) is 0 Å². The van der Waals surface area contributed by atoms with E-state index in [1.807, 2.05) is 13.8 Å². The summed E-state index contributed by atoms with van der Waals surface area (Å²) in [6, 6.07) is 0.236. The molecule has 5 heteroatoms. The van der Waals surface area contributed by atoms with Crippen molar-refractivity contribution < 1.29 is 13.9 Å². The second-order valence-corrected chi connectivity index (χ2v) is 4.63. The molecule has 0 aliphatic rings. The van der Waals surface area contributed by atoms with E-state index in [4.69, 9.17) is 0 Å². The second kappa shape index (κ2) is 4.66. The first kappa shape index (κ1) is 13.3. The maximum Gasteiger partial charge on any atom is 0.329 e. The van der Waals surface area contributed by atoms with Crippen molar-refractivity contribution >= 4 is 15.9 Å². The quantitative estimate of drug-likeness (QED) is 0.742. The maximum atomic E-state index is 12.7. The first-order valence-corrected chi connectivity index (χ1v) is 4.98. The highest BCUT2D eigenvalue weighted by Gasteiger charge is 2.45. The second-order valence-electron chi connectivity index (χ2n) is 3.63. The molecule has 0 aromatic carbocycles. The van der Waals surface area contributed by atoms with Gasteiger partial charge in [-0.1, -0.05) is 13.8 Å². The minimum Gasteiger partial charge on any atom is -0.383 e. The summed E-state index contributed by atoms with van der Waals surface area (Å²) in [7, 11) is 0. The molecule has 80 valence electrons. The molecule has 0 fully saturated rings. The van der Waals surface area contributed by atoms with Crippen LogP contribution in [0.2, 0.25) is 0 Å². The van der Waals surface area contributed by atoms with Gasteiger partial charge in [0.05, 0.1) is 0 Å². The smallest absolute Gasteiger partial charge is 0.329 e. The topological polar surface area (TPSA) is 32.3 Å². The minimum atomic E-state index is -3.24. The van der Waals surface area contributed by atoms with Gasteiger partial charge in [-0.25, -0.2) is 0 Å². The molecule has 13 heavy (non-hydrogen) atoms. The van der Waals surface area contributed by atoms with Crippen LogP contribution in [0.1, 0.15) is 27.2 Å². The summed E-state index contributed by atoms with van der Waals surface area (Å²) in [4.78, 5) is -3.24. The molecule has 0 aliphatic carbocycles. The molecule has 0 rings (SSSR count). The predicted octanol–water partition coefficient (Wildman–Crippen LogP) is 2.11. The molecule has 2 N–H and O–H groups in total. The van der Waals surface area contributed by atoms with E-state index in [-0.39, 0.29) is 12.5 Å². The molecular weight excluding hydrogens is 244 g/mol. The summed E-state index contributed by atoms with van der Waals surface area (Å²) in [6.45, 7) is 5.32. The van der Waals surface area contributed by atoms with Crippen LogP contribution in [0.5, 0.6) is 0 Å². The van der Waals surface area contributed by atoms with Gasteiger partial charge >= 0.3 is 4.83 Å². The number of halogens is 3. The lowest BCUT2D eigenvalue weighted by atomic mass is 10.0. The van der Waals surface area contributed by atoms with E-state index in [0.29, 0.717) is 6.54 Å². The molecule has 0 radical (unpaired) electrons. The average Bonchev–Trinajstić information content (AvgIpc) is 1.82. The zero-order chi connectivity index (χ0) is 10.7. The summed E-state index contributed by atoms with van der Waals surface area (Å²) in [5.74, 6) is 0. The molecule has 0 aromatic heterocycles. The van der Waals surface area contributed by atoms with Gasteiger partial charge in [0.1, 0.15) is 5.60 Å². The Morgan fingerprint density at radius 2 is 1.92 bits per heavy atom. The predicted molar refractivity (Wildman–Crippen MR) is 52.3 cm³/mol. The number of alkyl halides is 3. The molecule has 0 heterocycles. The third-order valence-electron chi connectivity index (χ3n) is 1.78. The van der Waals surface area contributed by atoms with Crippen LogP contribution in [0.3, 0.4) is 0 Å². The summed E-state index contributed by atoms with van der Waals surface area (Å²) < 4.78 is 25.3. The van der Waals surface area contributed by atoms with Gasteiger partial charge in [-0.3, -0.25) is 0 Å². The van der Waals surface area contributed by atoms with Gasteiger partial charge in [0.2, 0.25) is 0 Å². The van der Waals surface area contributed by atoms with E-state index in [9.17, 15) is 13.9 Å². The van der Waals surface area contributed by atoms with Crippen LogP contribution in [0.15, 0.2) is 0 Å². The van der Waals surface area contributed by atoms with Crippen LogP contribution in [-0.2, 0) is 0 Å². The average molecular weight is 260 g/mol. The molecule has 0 saturated heterocycles. The Balaban J connectivity index is 3.90. The van der Waals surface area contributed by atoms with Gasteiger partial charge < -0.3 is 10.4 Å². The molecule has 0 bridgehead atoms. The lowest BCUT2D eigenvalue weighted by Crippen LogP contribution is -2.43. The fourth-order valence-corrected chi connectivity index (χ4v) is 0.944. The van der Waals surface area contributed by atoms with Gasteiger partial charge in [0.25, 0.3) is 0 Å². The molecule has 0 amide bonds. The van der Waals surface area contributed by atoms with Crippen molar-refractivity contribution in [2.45, 2.75) is 43.7 Å². The lowest BCUT2D eigenvalue weighted by Gasteiger charge is -2.28. The van der Waals surface area contributed by atoms with Crippen molar-refractivity contribution in [3.63, 3.8) is 0 Å². The molecule has 0 aromatic rings. The Morgan fingerprint density at radius 1 is 1.46 bits per heavy atom. The fraction of sp³-hybridized carbons (Fsp3) is 1.00. The Labute approximate surface area is 85.8 Å². The number of rotatable bonds is 5. The van der Waals surface area contributed by atoms with E-state index in [1.165, 1.54) is 0 Å². The molecule has 1 atom stereocenters. The number of hydrogen-bond donors (Lipinski definition) is 2. The molecule has 0 saturated carbocycles. The largest absolute Gasteiger partial charge is 0.383 e. The normalized spacial score (nSPS) is 17.5. The molecule has 1 unspecified atom stereocenters. The Hall–Kier alpha value is 0.260. The summed E-state index contributed by atoms with van der Waals surface area (Å²) >= 11 is 2.16. The van der Waals surface area contributed by atoms with Gasteiger partial charge in [-0.05, 0) is 35.8 Å². The fourth-order valence-electron chi connectivity index (χ4n) is 0.746. The third kappa shape index (κ3) is 4.88. The van der Waals surface area contributed by atoms with Crippen LogP contribution < -0.4 is 5.32 Å². The number of aliphatic hydroxyl groups is 1. The van der Waals surface area contributed by atoms with Gasteiger partial charge in [0, 0.05) is 6.04 Å². The Morgan fingerprint density at radius 3 is 2.23 bits per heavy atom. The van der Waals surface area contributed by atoms with Crippen molar-refractivity contribution in [2.75, 3.05) is 6.54 Å². The minimum absolute atomic E-state index is 0.00340. The van der Waals surface area contributed by atoms with Crippen molar-refractivity contribution in [1.82, 2.24) is 5.32 Å². The van der Waals surface area contributed by atoms with Crippen LogP contribution >= 0.6 is 15.9 Å². The van der Waals surface area contributed by atoms with Crippen molar-refractivity contribution in [3.05, 3.63) is 0 Å². The SMILES string of the molecule is CC(C)NCCC(C)(O)C(F)(F)Br. The zero-order valence-corrected chi connectivity index (χ0v) is 9.66. The summed E-state index contributed by atoms with van der Waals surface area (Å²) in [6.07, 6.45) is 0.00340. The van der Waals surface area contributed by atoms with Crippen LogP contribution in [0.4, 0.5) is 8.78 Å². The lowest BCUT2D eigenvalue weighted by molar-refractivity contribution is -0.107. The van der Waals surface area contributed by atoms with E-state index in [1.54, 1.807) is 0 Å². The number of nitrogens with one attached hydrogen (secondary N) is 1. The van der Waals surface area contributed by atoms with Crippen LogP contribution in [0, 0.1) is 0 Å². The van der Waals surface area contributed by atoms with E-state index < -0.39 is 10.4 Å². The zero-order valence-electron chi connectivity index (χ0n) is 8.07. The summed E-state index contributed by atoms with van der Waals surface area (Å²) in [5, 5.41) is 12.3. The highest BCUT2D eigenvalue weighted by atomic mass is 79.9. The molecule has 2 nitrogen and oxygen atoms in total. The molecular formula is C8H16BrF2NO. The van der Waals surface area contributed by atoms with Crippen molar-refractivity contribution in [3.8, 4) is 0 Å².